The van der Waals surface area contributed by atoms with Crippen molar-refractivity contribution >= 4 is 39.7 Å². The first-order valence-corrected chi connectivity index (χ1v) is 18.6. The molecule has 0 aliphatic heterocycles. The number of nitrogens with zero attached hydrogens (tertiary/aromatic N) is 3. The summed E-state index contributed by atoms with van der Waals surface area (Å²) in [6, 6.07) is 25.4. The van der Waals surface area contributed by atoms with Crippen LogP contribution in [0.2, 0.25) is 0 Å². The van der Waals surface area contributed by atoms with E-state index in [-0.39, 0.29) is 23.7 Å². The Hall–Kier alpha value is -3.68. The minimum atomic E-state index is -0.297. The molecule has 0 unspecified atom stereocenters. The number of carbonyl (C=O) groups excluding carboxylic acids is 1. The number of ether oxygens (including phenoxy) is 1. The van der Waals surface area contributed by atoms with E-state index in [4.69, 9.17) is 14.7 Å². The van der Waals surface area contributed by atoms with E-state index in [0.717, 1.165) is 71.6 Å². The Morgan fingerprint density at radius 2 is 1.69 bits per heavy atom. The summed E-state index contributed by atoms with van der Waals surface area (Å²) >= 11 is 1.83. The molecule has 0 amide bonds. The SMILES string of the molecule is CCCCc1nc2c(CC(=O)OCc3ccc(SC(C)(C)C)cc3)nc3ccccc3c2n1Cc1ccc(CNCCC2CCC2)cc1. The minimum absolute atomic E-state index is 0.0754. The molecule has 1 saturated carbocycles. The molecule has 1 fully saturated rings. The lowest BCUT2D eigenvalue weighted by Crippen LogP contribution is -2.21. The van der Waals surface area contributed by atoms with Crippen LogP contribution in [0.15, 0.2) is 77.7 Å². The maximum absolute atomic E-state index is 13.2. The summed E-state index contributed by atoms with van der Waals surface area (Å²) in [5.74, 6) is 1.67. The lowest BCUT2D eigenvalue weighted by atomic mass is 9.83. The molecule has 1 aliphatic carbocycles. The third-order valence-corrected chi connectivity index (χ3v) is 10.3. The highest BCUT2D eigenvalue weighted by Crippen LogP contribution is 2.32. The molecule has 2 aromatic heterocycles. The number of thioether (sulfide) groups is 1. The van der Waals surface area contributed by atoms with Crippen molar-refractivity contribution in [2.45, 2.75) is 108 Å². The van der Waals surface area contributed by atoms with E-state index in [9.17, 15) is 4.79 Å². The highest BCUT2D eigenvalue weighted by molar-refractivity contribution is 8.00. The van der Waals surface area contributed by atoms with Crippen LogP contribution in [0.4, 0.5) is 0 Å². The number of nitrogens with one attached hydrogen (secondary N) is 1. The summed E-state index contributed by atoms with van der Waals surface area (Å²) in [5.41, 5.74) is 6.90. The van der Waals surface area contributed by atoms with Crippen LogP contribution in [-0.2, 0) is 42.1 Å². The first kappa shape index (κ1) is 34.2. The van der Waals surface area contributed by atoms with Crippen molar-refractivity contribution in [1.82, 2.24) is 19.9 Å². The van der Waals surface area contributed by atoms with E-state index in [1.165, 1.54) is 41.7 Å². The van der Waals surface area contributed by atoms with Crippen LogP contribution in [0, 0.1) is 5.92 Å². The van der Waals surface area contributed by atoms with Gasteiger partial charge in [-0.05, 0) is 60.2 Å². The summed E-state index contributed by atoms with van der Waals surface area (Å²) in [4.78, 5) is 24.6. The van der Waals surface area contributed by atoms with E-state index in [2.05, 4.69) is 86.1 Å². The predicted molar refractivity (Wildman–Crippen MR) is 198 cm³/mol. The maximum atomic E-state index is 13.2. The fourth-order valence-electron chi connectivity index (χ4n) is 6.39. The van der Waals surface area contributed by atoms with Crippen molar-refractivity contribution in [2.75, 3.05) is 6.54 Å². The van der Waals surface area contributed by atoms with Crippen LogP contribution < -0.4 is 5.32 Å². The average molecular weight is 663 g/mol. The van der Waals surface area contributed by atoms with Gasteiger partial charge in [0.2, 0.25) is 0 Å². The number of imidazole rings is 1. The molecular formula is C41H50N4O2S. The van der Waals surface area contributed by atoms with Crippen molar-refractivity contribution in [2.24, 2.45) is 5.92 Å². The second-order valence-corrected chi connectivity index (χ2v) is 16.2. The predicted octanol–water partition coefficient (Wildman–Crippen LogP) is 9.43. The van der Waals surface area contributed by atoms with Gasteiger partial charge in [0.15, 0.2) is 0 Å². The normalized spacial score (nSPS) is 13.7. The second kappa shape index (κ2) is 15.7. The van der Waals surface area contributed by atoms with Crippen molar-refractivity contribution in [1.29, 1.82) is 0 Å². The Morgan fingerprint density at radius 3 is 2.40 bits per heavy atom. The molecule has 1 aliphatic rings. The van der Waals surface area contributed by atoms with Gasteiger partial charge in [-0.2, -0.15) is 0 Å². The standard InChI is InChI=1S/C41H50N4O2S/c1-5-6-14-37-44-39-36(25-38(46)47-28-32-19-21-33(22-20-32)48-41(2,3)4)43-35-13-8-7-12-34(35)40(39)45(37)27-31-17-15-30(16-18-31)26-42-24-23-29-10-9-11-29/h7-8,12-13,15-22,29,42H,5-6,9-11,14,23-28H2,1-4H3. The molecule has 5 aromatic rings. The number of unbranched alkanes of at least 4 members (excludes halogenated alkanes) is 1. The smallest absolute Gasteiger partial charge is 0.312 e. The van der Waals surface area contributed by atoms with Gasteiger partial charge >= 0.3 is 5.97 Å². The number of pyridine rings is 1. The van der Waals surface area contributed by atoms with Crippen molar-refractivity contribution in [3.63, 3.8) is 0 Å². The van der Waals surface area contributed by atoms with Crippen LogP contribution >= 0.6 is 11.8 Å². The number of aryl methyl sites for hydroxylation is 1. The first-order chi connectivity index (χ1) is 23.3. The largest absolute Gasteiger partial charge is 0.461 e. The number of benzene rings is 3. The van der Waals surface area contributed by atoms with Gasteiger partial charge in [0.05, 0.1) is 23.1 Å². The van der Waals surface area contributed by atoms with Gasteiger partial charge in [-0.15, -0.1) is 11.8 Å². The molecule has 0 spiro atoms. The van der Waals surface area contributed by atoms with Crippen LogP contribution in [0.25, 0.3) is 21.9 Å². The van der Waals surface area contributed by atoms with E-state index in [1.807, 2.05) is 36.0 Å². The Balaban J connectivity index is 1.21. The summed E-state index contributed by atoms with van der Waals surface area (Å²) in [5, 5.41) is 4.69. The van der Waals surface area contributed by atoms with Crippen LogP contribution in [0.1, 0.15) is 94.4 Å². The number of carbonyl (C=O) groups is 1. The molecular weight excluding hydrogens is 613 g/mol. The quantitative estimate of drug-likeness (QED) is 0.0684. The van der Waals surface area contributed by atoms with Gasteiger partial charge in [-0.1, -0.05) is 108 Å². The number of hydrogen-bond donors (Lipinski definition) is 1. The van der Waals surface area contributed by atoms with Crippen molar-refractivity contribution < 1.29 is 9.53 Å². The zero-order chi connectivity index (χ0) is 33.5. The van der Waals surface area contributed by atoms with Crippen LogP contribution in [0.3, 0.4) is 0 Å². The van der Waals surface area contributed by atoms with Gasteiger partial charge < -0.3 is 14.6 Å². The zero-order valence-electron chi connectivity index (χ0n) is 29.1. The third-order valence-electron chi connectivity index (χ3n) is 9.19. The molecule has 0 radical (unpaired) electrons. The molecule has 2 heterocycles. The minimum Gasteiger partial charge on any atom is -0.461 e. The Morgan fingerprint density at radius 1 is 0.958 bits per heavy atom. The van der Waals surface area contributed by atoms with Gasteiger partial charge in [0, 0.05) is 34.5 Å². The van der Waals surface area contributed by atoms with Crippen molar-refractivity contribution in [3.05, 3.63) is 101 Å². The Labute approximate surface area is 290 Å². The maximum Gasteiger partial charge on any atom is 0.312 e. The fraction of sp³-hybridized carbons (Fsp3) is 0.439. The highest BCUT2D eigenvalue weighted by atomic mass is 32.2. The molecule has 6 rings (SSSR count). The summed E-state index contributed by atoms with van der Waals surface area (Å²) in [7, 11) is 0. The summed E-state index contributed by atoms with van der Waals surface area (Å²) in [6.07, 6.45) is 8.59. The first-order valence-electron chi connectivity index (χ1n) is 17.7. The summed E-state index contributed by atoms with van der Waals surface area (Å²) < 4.78 is 8.27. The van der Waals surface area contributed by atoms with Gasteiger partial charge in [0.25, 0.3) is 0 Å². The Kier molecular flexibility index (Phi) is 11.2. The van der Waals surface area contributed by atoms with Gasteiger partial charge in [-0.3, -0.25) is 4.79 Å². The lowest BCUT2D eigenvalue weighted by Gasteiger charge is -2.25. The van der Waals surface area contributed by atoms with Gasteiger partial charge in [0.1, 0.15) is 17.9 Å². The Bertz CT molecular complexity index is 1820. The molecule has 6 nitrogen and oxygen atoms in total. The molecule has 0 bridgehead atoms. The average Bonchev–Trinajstić information content (AvgIpc) is 3.41. The number of aromatic nitrogens is 3. The second-order valence-electron chi connectivity index (χ2n) is 14.3. The molecule has 7 heteroatoms. The molecule has 252 valence electrons. The number of para-hydroxylation sites is 1. The molecule has 0 saturated heterocycles. The summed E-state index contributed by atoms with van der Waals surface area (Å²) in [6.45, 7) is 11.8. The number of hydrogen-bond acceptors (Lipinski definition) is 6. The zero-order valence-corrected chi connectivity index (χ0v) is 29.9. The highest BCUT2D eigenvalue weighted by Gasteiger charge is 2.21. The molecule has 48 heavy (non-hydrogen) atoms. The van der Waals surface area contributed by atoms with Crippen LogP contribution in [-0.4, -0.2) is 31.8 Å². The number of esters is 1. The van der Waals surface area contributed by atoms with Crippen LogP contribution in [0.5, 0.6) is 0 Å². The van der Waals surface area contributed by atoms with E-state index in [0.29, 0.717) is 12.2 Å². The van der Waals surface area contributed by atoms with Gasteiger partial charge in [-0.25, -0.2) is 9.97 Å². The van der Waals surface area contributed by atoms with Crippen molar-refractivity contribution in [3.8, 4) is 0 Å². The number of fused-ring (bicyclic) bond motifs is 3. The lowest BCUT2D eigenvalue weighted by molar-refractivity contribution is -0.144. The van der Waals surface area contributed by atoms with E-state index in [1.54, 1.807) is 0 Å². The van der Waals surface area contributed by atoms with E-state index >= 15 is 0 Å². The monoisotopic (exact) mass is 662 g/mol. The van der Waals surface area contributed by atoms with E-state index < -0.39 is 0 Å². The molecule has 1 N–H and O–H groups in total. The fourth-order valence-corrected chi connectivity index (χ4v) is 7.37. The number of rotatable bonds is 15. The molecule has 3 aromatic carbocycles. The topological polar surface area (TPSA) is 69.0 Å². The third kappa shape index (κ3) is 8.86. The molecule has 0 atom stereocenters.